The van der Waals surface area contributed by atoms with Gasteiger partial charge in [0.1, 0.15) is 5.52 Å². The van der Waals surface area contributed by atoms with E-state index in [1.807, 2.05) is 0 Å². The lowest BCUT2D eigenvalue weighted by Gasteiger charge is -2.04. The van der Waals surface area contributed by atoms with Crippen molar-refractivity contribution in [2.45, 2.75) is 6.92 Å². The van der Waals surface area contributed by atoms with Gasteiger partial charge in [-0.05, 0) is 19.1 Å². The molecule has 0 fully saturated rings. The molecule has 0 spiro atoms. The number of carbonyl (C=O) groups is 1. The highest BCUT2D eigenvalue weighted by Gasteiger charge is 2.16. The first kappa shape index (κ1) is 12.9. The summed E-state index contributed by atoms with van der Waals surface area (Å²) in [6.07, 6.45) is 0. The molecule has 18 heavy (non-hydrogen) atoms. The van der Waals surface area contributed by atoms with Gasteiger partial charge in [-0.1, -0.05) is 23.2 Å². The van der Waals surface area contributed by atoms with Gasteiger partial charge in [-0.3, -0.25) is 4.79 Å². The Morgan fingerprint density at radius 2 is 2.17 bits per heavy atom. The molecule has 0 radical (unpaired) electrons. The van der Waals surface area contributed by atoms with Crippen molar-refractivity contribution in [3.63, 3.8) is 0 Å². The molecule has 1 heterocycles. The van der Waals surface area contributed by atoms with E-state index in [0.29, 0.717) is 10.5 Å². The molecular formula is C11H8Cl2N2O3. The first-order chi connectivity index (χ1) is 8.54. The fourth-order valence-corrected chi connectivity index (χ4v) is 1.79. The van der Waals surface area contributed by atoms with Crippen LogP contribution in [0.2, 0.25) is 10.0 Å². The molecule has 5 nitrogen and oxygen atoms in total. The molecule has 0 aliphatic heterocycles. The number of rotatable bonds is 2. The SMILES string of the molecule is CCOC(=O)c1nc2c(Cl)c(Cl)ccc2[nH]c1=O. The highest BCUT2D eigenvalue weighted by atomic mass is 35.5. The van der Waals surface area contributed by atoms with E-state index < -0.39 is 11.5 Å². The molecule has 7 heteroatoms. The average Bonchev–Trinajstić information content (AvgIpc) is 2.34. The fourth-order valence-electron chi connectivity index (χ4n) is 1.43. The Hall–Kier alpha value is -1.59. The number of nitrogens with zero attached hydrogens (tertiary/aromatic N) is 1. The van der Waals surface area contributed by atoms with Gasteiger partial charge in [0.2, 0.25) is 5.69 Å². The number of hydrogen-bond acceptors (Lipinski definition) is 4. The third kappa shape index (κ3) is 2.19. The van der Waals surface area contributed by atoms with E-state index in [1.165, 1.54) is 6.07 Å². The Bertz CT molecular complexity index is 682. The summed E-state index contributed by atoms with van der Waals surface area (Å²) in [5.41, 5.74) is -0.304. The van der Waals surface area contributed by atoms with Crippen molar-refractivity contribution in [2.24, 2.45) is 0 Å². The van der Waals surface area contributed by atoms with Crippen molar-refractivity contribution >= 4 is 40.2 Å². The number of aromatic amines is 1. The summed E-state index contributed by atoms with van der Waals surface area (Å²) in [6, 6.07) is 3.10. The topological polar surface area (TPSA) is 72.0 Å². The normalized spacial score (nSPS) is 10.6. The molecule has 94 valence electrons. The third-order valence-electron chi connectivity index (χ3n) is 2.22. The van der Waals surface area contributed by atoms with Crippen molar-refractivity contribution in [3.05, 3.63) is 38.2 Å². The van der Waals surface area contributed by atoms with Crippen LogP contribution in [0.5, 0.6) is 0 Å². The second-order valence-corrected chi connectivity index (χ2v) is 4.18. The zero-order chi connectivity index (χ0) is 13.3. The largest absolute Gasteiger partial charge is 0.461 e. The van der Waals surface area contributed by atoms with Crippen LogP contribution < -0.4 is 5.56 Å². The minimum absolute atomic E-state index is 0.154. The predicted molar refractivity (Wildman–Crippen MR) is 68.3 cm³/mol. The van der Waals surface area contributed by atoms with Gasteiger partial charge in [-0.2, -0.15) is 0 Å². The van der Waals surface area contributed by atoms with Crippen LogP contribution in [0.15, 0.2) is 16.9 Å². The molecule has 0 aliphatic carbocycles. The summed E-state index contributed by atoms with van der Waals surface area (Å²) >= 11 is 11.8. The quantitative estimate of drug-likeness (QED) is 0.861. The van der Waals surface area contributed by atoms with E-state index >= 15 is 0 Å². The Labute approximate surface area is 112 Å². The number of nitrogens with one attached hydrogen (secondary N) is 1. The second-order valence-electron chi connectivity index (χ2n) is 3.39. The van der Waals surface area contributed by atoms with E-state index in [9.17, 15) is 9.59 Å². The van der Waals surface area contributed by atoms with Gasteiger partial charge in [-0.25, -0.2) is 9.78 Å². The maximum atomic E-state index is 11.7. The molecule has 0 aliphatic rings. The van der Waals surface area contributed by atoms with Crippen LogP contribution >= 0.6 is 23.2 Å². The maximum Gasteiger partial charge on any atom is 0.362 e. The monoisotopic (exact) mass is 286 g/mol. The number of benzene rings is 1. The van der Waals surface area contributed by atoms with E-state index in [1.54, 1.807) is 13.0 Å². The highest BCUT2D eigenvalue weighted by Crippen LogP contribution is 2.27. The third-order valence-corrected chi connectivity index (χ3v) is 3.02. The fraction of sp³-hybridized carbons (Fsp3) is 0.182. The van der Waals surface area contributed by atoms with Gasteiger partial charge in [-0.15, -0.1) is 0 Å². The molecule has 0 amide bonds. The molecule has 1 aromatic heterocycles. The van der Waals surface area contributed by atoms with Crippen LogP contribution in [-0.2, 0) is 4.74 Å². The van der Waals surface area contributed by atoms with Gasteiger partial charge in [0.25, 0.3) is 5.56 Å². The minimum Gasteiger partial charge on any atom is -0.461 e. The summed E-state index contributed by atoms with van der Waals surface area (Å²) in [5, 5.41) is 0.467. The van der Waals surface area contributed by atoms with Gasteiger partial charge in [0.15, 0.2) is 0 Å². The Kier molecular flexibility index (Phi) is 3.54. The van der Waals surface area contributed by atoms with E-state index in [4.69, 9.17) is 27.9 Å². The zero-order valence-corrected chi connectivity index (χ0v) is 10.8. The molecule has 2 rings (SSSR count). The van der Waals surface area contributed by atoms with Gasteiger partial charge >= 0.3 is 5.97 Å². The van der Waals surface area contributed by atoms with Crippen molar-refractivity contribution in [1.82, 2.24) is 9.97 Å². The Morgan fingerprint density at radius 3 is 2.83 bits per heavy atom. The second kappa shape index (κ2) is 4.96. The summed E-state index contributed by atoms with van der Waals surface area (Å²) < 4.78 is 4.73. The van der Waals surface area contributed by atoms with Crippen LogP contribution in [0.25, 0.3) is 11.0 Å². The number of hydrogen-bond donors (Lipinski definition) is 1. The number of aromatic nitrogens is 2. The van der Waals surface area contributed by atoms with Gasteiger partial charge < -0.3 is 9.72 Å². The number of halogens is 2. The van der Waals surface area contributed by atoms with Crippen molar-refractivity contribution < 1.29 is 9.53 Å². The van der Waals surface area contributed by atoms with E-state index in [-0.39, 0.29) is 22.8 Å². The van der Waals surface area contributed by atoms with Gasteiger partial charge in [0.05, 0.1) is 22.2 Å². The van der Waals surface area contributed by atoms with E-state index in [0.717, 1.165) is 0 Å². The molecule has 0 atom stereocenters. The molecular weight excluding hydrogens is 279 g/mol. The van der Waals surface area contributed by atoms with Crippen LogP contribution in [-0.4, -0.2) is 22.5 Å². The lowest BCUT2D eigenvalue weighted by Crippen LogP contribution is -2.22. The van der Waals surface area contributed by atoms with Crippen LogP contribution in [0.3, 0.4) is 0 Å². The number of fused-ring (bicyclic) bond motifs is 1. The number of H-pyrrole nitrogens is 1. The highest BCUT2D eigenvalue weighted by molar-refractivity contribution is 6.44. The van der Waals surface area contributed by atoms with Crippen molar-refractivity contribution in [3.8, 4) is 0 Å². The van der Waals surface area contributed by atoms with E-state index in [2.05, 4.69) is 9.97 Å². The molecule has 0 bridgehead atoms. The predicted octanol–water partition coefficient (Wildman–Crippen LogP) is 2.41. The Balaban J connectivity index is 2.70. The summed E-state index contributed by atoms with van der Waals surface area (Å²) in [7, 11) is 0. The molecule has 1 N–H and O–H groups in total. The average molecular weight is 287 g/mol. The molecule has 0 unspecified atom stereocenters. The van der Waals surface area contributed by atoms with Crippen LogP contribution in [0, 0.1) is 0 Å². The Morgan fingerprint density at radius 1 is 1.44 bits per heavy atom. The molecule has 2 aromatic rings. The zero-order valence-electron chi connectivity index (χ0n) is 9.29. The standard InChI is InChI=1S/C11H8Cl2N2O3/c1-2-18-11(17)9-10(16)14-6-4-3-5(12)7(13)8(6)15-9/h3-4H,2H2,1H3,(H,14,16). The summed E-state index contributed by atoms with van der Waals surface area (Å²) in [6.45, 7) is 1.79. The number of esters is 1. The maximum absolute atomic E-state index is 11.7. The first-order valence-electron chi connectivity index (χ1n) is 5.09. The molecule has 0 saturated heterocycles. The van der Waals surface area contributed by atoms with Crippen molar-refractivity contribution in [1.29, 1.82) is 0 Å². The number of carbonyl (C=O) groups excluding carboxylic acids is 1. The molecule has 1 aromatic carbocycles. The van der Waals surface area contributed by atoms with Crippen molar-refractivity contribution in [2.75, 3.05) is 6.61 Å². The van der Waals surface area contributed by atoms with Gasteiger partial charge in [0, 0.05) is 0 Å². The van der Waals surface area contributed by atoms with Crippen LogP contribution in [0.1, 0.15) is 17.4 Å². The van der Waals surface area contributed by atoms with Crippen LogP contribution in [0.4, 0.5) is 0 Å². The first-order valence-corrected chi connectivity index (χ1v) is 5.85. The molecule has 0 saturated carbocycles. The summed E-state index contributed by atoms with van der Waals surface area (Å²) in [5.74, 6) is -0.795. The summed E-state index contributed by atoms with van der Waals surface area (Å²) in [4.78, 5) is 29.6. The lowest BCUT2D eigenvalue weighted by molar-refractivity contribution is 0.0517. The lowest BCUT2D eigenvalue weighted by atomic mass is 10.3. The number of ether oxygens (including phenoxy) is 1. The smallest absolute Gasteiger partial charge is 0.362 e. The minimum atomic E-state index is -0.795.